The van der Waals surface area contributed by atoms with Crippen LogP contribution in [0.1, 0.15) is 12.8 Å². The molecule has 152 valence electrons. The number of hydrogen-bond acceptors (Lipinski definition) is 6. The van der Waals surface area contributed by atoms with Gasteiger partial charge in [0.1, 0.15) is 19.6 Å². The van der Waals surface area contributed by atoms with Gasteiger partial charge in [-0.15, -0.1) is 12.4 Å². The Balaban J connectivity index is 0.000000129. The minimum Gasteiger partial charge on any atom is -0.355 e. The van der Waals surface area contributed by atoms with E-state index < -0.39 is 0 Å². The fourth-order valence-corrected chi connectivity index (χ4v) is 4.23. The Hall–Kier alpha value is -0.350. The Morgan fingerprint density at radius 2 is 1.18 bits per heavy atom. The van der Waals surface area contributed by atoms with E-state index in [-0.39, 0.29) is 12.4 Å². The second-order valence-electron chi connectivity index (χ2n) is 7.43. The molecular weight excluding hydrogens is 575 g/mol. The van der Waals surface area contributed by atoms with Crippen LogP contribution in [0.15, 0.2) is 38.6 Å². The zero-order chi connectivity index (χ0) is 18.8. The van der Waals surface area contributed by atoms with E-state index in [2.05, 4.69) is 77.9 Å². The minimum atomic E-state index is 0. The van der Waals surface area contributed by atoms with E-state index in [1.54, 1.807) is 18.6 Å². The molecule has 0 spiro atoms. The highest BCUT2D eigenvalue weighted by Crippen LogP contribution is 2.45. The van der Waals surface area contributed by atoms with Gasteiger partial charge < -0.3 is 10.2 Å². The van der Waals surface area contributed by atoms with Crippen molar-refractivity contribution >= 4 is 66.0 Å². The summed E-state index contributed by atoms with van der Waals surface area (Å²) in [5.74, 6) is 5.13. The molecule has 2 saturated heterocycles. The molecule has 0 aromatic carbocycles. The molecule has 2 aromatic rings. The fraction of sp³-hybridized carbons (Fsp3) is 0.556. The average molecular weight is 598 g/mol. The van der Waals surface area contributed by atoms with Crippen LogP contribution in [-0.2, 0) is 0 Å². The SMILES string of the molecule is Brc1cnc(Br)cn1.Brc1cnc(N2CC3CC3C2)cn1.C1NCC2CC12.Cl. The van der Waals surface area contributed by atoms with Gasteiger partial charge in [0.15, 0.2) is 0 Å². The smallest absolute Gasteiger partial charge is 0.147 e. The van der Waals surface area contributed by atoms with Gasteiger partial charge in [0.05, 0.1) is 24.8 Å². The maximum atomic E-state index is 4.33. The molecule has 6 rings (SSSR count). The first-order chi connectivity index (χ1) is 13.1. The van der Waals surface area contributed by atoms with Crippen LogP contribution in [0.4, 0.5) is 5.82 Å². The molecule has 4 atom stereocenters. The number of hydrogen-bond donors (Lipinski definition) is 1. The molecule has 0 radical (unpaired) electrons. The third kappa shape index (κ3) is 6.32. The molecule has 6 nitrogen and oxygen atoms in total. The van der Waals surface area contributed by atoms with Gasteiger partial charge in [0.25, 0.3) is 0 Å². The summed E-state index contributed by atoms with van der Waals surface area (Å²) in [6, 6.07) is 0. The van der Waals surface area contributed by atoms with Crippen molar-refractivity contribution in [1.82, 2.24) is 25.3 Å². The molecule has 4 unspecified atom stereocenters. The van der Waals surface area contributed by atoms with Crippen LogP contribution in [0.25, 0.3) is 0 Å². The van der Waals surface area contributed by atoms with Crippen molar-refractivity contribution in [2.24, 2.45) is 23.7 Å². The molecular formula is C18H22Br3ClN6. The van der Waals surface area contributed by atoms with Crippen LogP contribution in [-0.4, -0.2) is 46.1 Å². The summed E-state index contributed by atoms with van der Waals surface area (Å²) in [7, 11) is 0. The van der Waals surface area contributed by atoms with Crippen molar-refractivity contribution < 1.29 is 0 Å². The average Bonchev–Trinajstić information content (AvgIpc) is 3.52. The van der Waals surface area contributed by atoms with E-state index in [1.807, 2.05) is 6.20 Å². The van der Waals surface area contributed by atoms with Crippen molar-refractivity contribution in [3.8, 4) is 0 Å². The second-order valence-corrected chi connectivity index (χ2v) is 9.87. The molecule has 0 bridgehead atoms. The quantitative estimate of drug-likeness (QED) is 0.528. The molecule has 2 aliphatic heterocycles. The number of piperidine rings is 2. The lowest BCUT2D eigenvalue weighted by atomic mass is 10.4. The van der Waals surface area contributed by atoms with Gasteiger partial charge in [0, 0.05) is 13.1 Å². The number of rotatable bonds is 1. The highest BCUT2D eigenvalue weighted by Gasteiger charge is 2.45. The molecule has 4 heterocycles. The van der Waals surface area contributed by atoms with Crippen LogP contribution in [0.5, 0.6) is 0 Å². The van der Waals surface area contributed by atoms with Crippen molar-refractivity contribution in [3.05, 3.63) is 38.6 Å². The predicted molar refractivity (Wildman–Crippen MR) is 123 cm³/mol. The summed E-state index contributed by atoms with van der Waals surface area (Å²) < 4.78 is 2.31. The van der Waals surface area contributed by atoms with E-state index in [0.29, 0.717) is 0 Å². The van der Waals surface area contributed by atoms with Gasteiger partial charge in [-0.05, 0) is 97.4 Å². The number of aromatic nitrogens is 4. The van der Waals surface area contributed by atoms with Crippen molar-refractivity contribution in [1.29, 1.82) is 0 Å². The highest BCUT2D eigenvalue weighted by molar-refractivity contribution is 9.11. The molecule has 10 heteroatoms. The van der Waals surface area contributed by atoms with E-state index >= 15 is 0 Å². The van der Waals surface area contributed by atoms with Crippen LogP contribution in [0.2, 0.25) is 0 Å². The van der Waals surface area contributed by atoms with E-state index in [4.69, 9.17) is 0 Å². The molecule has 2 saturated carbocycles. The molecule has 1 N–H and O–H groups in total. The maximum Gasteiger partial charge on any atom is 0.147 e. The van der Waals surface area contributed by atoms with E-state index in [1.165, 1.54) is 39.0 Å². The van der Waals surface area contributed by atoms with E-state index in [9.17, 15) is 0 Å². The van der Waals surface area contributed by atoms with Crippen LogP contribution in [0, 0.1) is 23.7 Å². The number of fused-ring (bicyclic) bond motifs is 2. The third-order valence-electron chi connectivity index (χ3n) is 5.38. The zero-order valence-corrected chi connectivity index (χ0v) is 20.7. The Morgan fingerprint density at radius 1 is 0.714 bits per heavy atom. The summed E-state index contributed by atoms with van der Waals surface area (Å²) in [6.07, 6.45) is 9.82. The lowest BCUT2D eigenvalue weighted by molar-refractivity contribution is 0.732. The third-order valence-corrected chi connectivity index (χ3v) is 6.61. The standard InChI is InChI=1S/C9H10BrN3.C5H9N.C4H2Br2N2.ClH/c10-8-2-12-9(3-11-8)13-4-6-1-7(6)5-13;1-4-2-6-3-5(1)4;5-3-1-7-4(6)2-8-3;/h2-3,6-7H,1,4-5H2;4-6H,1-3H2;1-2H;1H. The fourth-order valence-electron chi connectivity index (χ4n) is 3.61. The van der Waals surface area contributed by atoms with Crippen LogP contribution < -0.4 is 10.2 Å². The molecule has 2 aliphatic carbocycles. The van der Waals surface area contributed by atoms with E-state index in [0.717, 1.165) is 43.3 Å². The first-order valence-corrected chi connectivity index (χ1v) is 11.5. The highest BCUT2D eigenvalue weighted by atomic mass is 79.9. The molecule has 2 aromatic heterocycles. The number of anilines is 1. The number of halogens is 4. The van der Waals surface area contributed by atoms with Crippen LogP contribution in [0.3, 0.4) is 0 Å². The topological polar surface area (TPSA) is 66.8 Å². The van der Waals surface area contributed by atoms with Gasteiger partial charge >= 0.3 is 0 Å². The predicted octanol–water partition coefficient (Wildman–Crippen LogP) is 4.34. The van der Waals surface area contributed by atoms with Gasteiger partial charge in [0.2, 0.25) is 0 Å². The zero-order valence-electron chi connectivity index (χ0n) is 15.1. The summed E-state index contributed by atoms with van der Waals surface area (Å²) in [5, 5.41) is 3.32. The first-order valence-electron chi connectivity index (χ1n) is 9.14. The number of nitrogens with zero attached hydrogens (tertiary/aromatic N) is 5. The Labute approximate surface area is 196 Å². The van der Waals surface area contributed by atoms with Gasteiger partial charge in [-0.25, -0.2) is 19.9 Å². The van der Waals surface area contributed by atoms with Crippen molar-refractivity contribution in [3.63, 3.8) is 0 Å². The van der Waals surface area contributed by atoms with Gasteiger partial charge in [-0.2, -0.15) is 0 Å². The van der Waals surface area contributed by atoms with Gasteiger partial charge in [-0.1, -0.05) is 0 Å². The second kappa shape index (κ2) is 10.1. The normalized spacial score (nSPS) is 27.9. The Kier molecular flexibility index (Phi) is 8.06. The monoisotopic (exact) mass is 594 g/mol. The minimum absolute atomic E-state index is 0. The maximum absolute atomic E-state index is 4.33. The molecule has 4 fully saturated rings. The molecule has 28 heavy (non-hydrogen) atoms. The van der Waals surface area contributed by atoms with Crippen molar-refractivity contribution in [2.75, 3.05) is 31.1 Å². The lowest BCUT2D eigenvalue weighted by Crippen LogP contribution is -2.22. The summed E-state index contributed by atoms with van der Waals surface area (Å²) in [5.41, 5.74) is 0. The first kappa shape index (κ1) is 22.3. The van der Waals surface area contributed by atoms with Crippen molar-refractivity contribution in [2.45, 2.75) is 12.8 Å². The largest absolute Gasteiger partial charge is 0.355 e. The molecule has 0 amide bonds. The summed E-state index contributed by atoms with van der Waals surface area (Å²) in [6.45, 7) is 4.98. The molecule has 4 aliphatic rings. The van der Waals surface area contributed by atoms with Gasteiger partial charge in [-0.3, -0.25) is 0 Å². The number of nitrogens with one attached hydrogen (secondary N) is 1. The summed E-state index contributed by atoms with van der Waals surface area (Å²) in [4.78, 5) is 18.6. The lowest BCUT2D eigenvalue weighted by Gasteiger charge is -2.17. The Morgan fingerprint density at radius 3 is 1.54 bits per heavy atom. The Bertz CT molecular complexity index is 724. The van der Waals surface area contributed by atoms with Crippen LogP contribution >= 0.6 is 60.2 Å². The summed E-state index contributed by atoms with van der Waals surface area (Å²) >= 11 is 9.58.